The third-order valence-corrected chi connectivity index (χ3v) is 2.32. The Balaban J connectivity index is 0. The first-order chi connectivity index (χ1) is 6.15. The zero-order chi connectivity index (χ0) is 11.8. The van der Waals surface area contributed by atoms with Crippen molar-refractivity contribution in [3.8, 4) is 0 Å². The molecular formula is C9H17Cl3PV-2. The molecule has 0 amide bonds. The maximum absolute atomic E-state index is 4.95. The van der Waals surface area contributed by atoms with Gasteiger partial charge < -0.3 is 20.2 Å². The Labute approximate surface area is 107 Å². The van der Waals surface area contributed by atoms with Gasteiger partial charge in [-0.05, 0) is 0 Å². The van der Waals surface area contributed by atoms with Crippen LogP contribution in [-0.4, -0.2) is 5.80 Å². The zero-order valence-electron chi connectivity index (χ0n) is 9.18. The molecule has 0 aromatic carbocycles. The Hall–Kier alpha value is 1.62. The van der Waals surface area contributed by atoms with E-state index in [2.05, 4.69) is 46.6 Å². The van der Waals surface area contributed by atoms with Crippen molar-refractivity contribution in [3.63, 3.8) is 0 Å². The summed E-state index contributed by atoms with van der Waals surface area (Å²) < 4.78 is 0. The minimum atomic E-state index is -1.77. The Kier molecular flexibility index (Phi) is 12.6. The van der Waals surface area contributed by atoms with Crippen LogP contribution in [0, 0.1) is 17.5 Å². The van der Waals surface area contributed by atoms with Gasteiger partial charge in [-0.15, -0.1) is 0 Å². The molecular weight excluding hydrogens is 296 g/mol. The van der Waals surface area contributed by atoms with Crippen LogP contribution in [0.2, 0.25) is 0 Å². The van der Waals surface area contributed by atoms with Gasteiger partial charge >= 0.3 is 41.8 Å². The van der Waals surface area contributed by atoms with E-state index in [9.17, 15) is 0 Å². The summed E-state index contributed by atoms with van der Waals surface area (Å²) in [6.45, 7) is 10.9. The van der Waals surface area contributed by atoms with Gasteiger partial charge in [0.2, 0.25) is 0 Å². The van der Waals surface area contributed by atoms with Crippen molar-refractivity contribution < 1.29 is 12.3 Å². The van der Waals surface area contributed by atoms with E-state index in [1.807, 2.05) is 0 Å². The predicted molar refractivity (Wildman–Crippen MR) is 68.1 cm³/mol. The molecule has 0 heterocycles. The average molecular weight is 314 g/mol. The molecule has 0 spiro atoms. The van der Waals surface area contributed by atoms with E-state index < -0.39 is 12.3 Å². The zero-order valence-corrected chi connectivity index (χ0v) is 13.7. The van der Waals surface area contributed by atoms with Gasteiger partial charge in [0.15, 0.2) is 0 Å². The number of hydrogen-bond donors (Lipinski definition) is 0. The molecule has 0 atom stereocenters. The summed E-state index contributed by atoms with van der Waals surface area (Å²) in [6, 6.07) is 0. The molecule has 14 heavy (non-hydrogen) atoms. The van der Waals surface area contributed by atoms with E-state index >= 15 is 0 Å². The second-order valence-corrected chi connectivity index (χ2v) is 11.8. The van der Waals surface area contributed by atoms with Crippen LogP contribution in [0.5, 0.6) is 0 Å². The molecule has 0 nitrogen and oxygen atoms in total. The van der Waals surface area contributed by atoms with Crippen LogP contribution in [0.15, 0.2) is 0 Å². The van der Waals surface area contributed by atoms with E-state index in [0.29, 0.717) is 5.92 Å². The fourth-order valence-corrected chi connectivity index (χ4v) is 1.14. The van der Waals surface area contributed by atoms with Gasteiger partial charge in [0.05, 0.1) is 0 Å². The monoisotopic (exact) mass is 312 g/mol. The van der Waals surface area contributed by atoms with Gasteiger partial charge in [-0.2, -0.15) is 11.3 Å². The Morgan fingerprint density at radius 3 is 1.79 bits per heavy atom. The van der Waals surface area contributed by atoms with Crippen molar-refractivity contribution in [1.82, 2.24) is 0 Å². The van der Waals surface area contributed by atoms with Crippen LogP contribution in [0.3, 0.4) is 0 Å². The normalized spacial score (nSPS) is 12.1. The average Bonchev–Trinajstić information content (AvgIpc) is 1.80. The van der Waals surface area contributed by atoms with Crippen LogP contribution < -0.4 is 0 Å². The van der Waals surface area contributed by atoms with Crippen LogP contribution in [0.4, 0.5) is 0 Å². The molecule has 0 rings (SSSR count). The van der Waals surface area contributed by atoms with Crippen molar-refractivity contribution in [1.29, 1.82) is 0 Å². The Bertz CT molecular complexity index is 150. The predicted octanol–water partition coefficient (Wildman–Crippen LogP) is 5.54. The van der Waals surface area contributed by atoms with Gasteiger partial charge in [-0.1, -0.05) is 34.6 Å². The summed E-state index contributed by atoms with van der Waals surface area (Å²) in [5.41, 5.74) is 0.243. The molecule has 0 aliphatic rings. The SMILES string of the molecule is CC(C)[CH-]P=[C-]C(C)(C)C.[Cl][V]([Cl])[Cl]. The fourth-order valence-electron chi connectivity index (χ4n) is 0.380. The summed E-state index contributed by atoms with van der Waals surface area (Å²) in [4.78, 5) is 0. The second-order valence-electron chi connectivity index (χ2n) is 4.08. The summed E-state index contributed by atoms with van der Waals surface area (Å²) in [5, 5.41) is 0. The van der Waals surface area contributed by atoms with Crippen molar-refractivity contribution in [2.75, 3.05) is 0 Å². The van der Waals surface area contributed by atoms with Crippen LogP contribution in [-0.2, 0) is 12.3 Å². The first-order valence-electron chi connectivity index (χ1n) is 4.23. The van der Waals surface area contributed by atoms with Crippen LogP contribution in [0.1, 0.15) is 34.6 Å². The summed E-state index contributed by atoms with van der Waals surface area (Å²) in [7, 11) is 16.1. The third kappa shape index (κ3) is 29.2. The number of rotatable bonds is 2. The Morgan fingerprint density at radius 2 is 1.57 bits per heavy atom. The van der Waals surface area contributed by atoms with Crippen molar-refractivity contribution >= 4 is 43.5 Å². The third-order valence-electron chi connectivity index (χ3n) is 0.773. The fraction of sp³-hybridized carbons (Fsp3) is 0.778. The van der Waals surface area contributed by atoms with E-state index in [1.165, 1.54) is 8.20 Å². The first kappa shape index (κ1) is 18.0. The van der Waals surface area contributed by atoms with Gasteiger partial charge in [0, 0.05) is 0 Å². The van der Waals surface area contributed by atoms with Crippen molar-refractivity contribution in [2.45, 2.75) is 34.6 Å². The van der Waals surface area contributed by atoms with Gasteiger partial charge in [0.1, 0.15) is 0 Å². The van der Waals surface area contributed by atoms with Crippen molar-refractivity contribution in [2.24, 2.45) is 11.3 Å². The molecule has 0 radical (unpaired) electrons. The van der Waals surface area contributed by atoms with E-state index in [1.54, 1.807) is 0 Å². The van der Waals surface area contributed by atoms with E-state index in [0.717, 1.165) is 0 Å². The molecule has 0 bridgehead atoms. The van der Waals surface area contributed by atoms with Crippen LogP contribution >= 0.6 is 37.7 Å². The second kappa shape index (κ2) is 9.82. The summed E-state index contributed by atoms with van der Waals surface area (Å²) >= 11 is -1.77. The molecule has 86 valence electrons. The van der Waals surface area contributed by atoms with E-state index in [-0.39, 0.29) is 5.41 Å². The molecule has 0 fully saturated rings. The molecule has 0 aliphatic heterocycles. The summed E-state index contributed by atoms with van der Waals surface area (Å²) in [6.07, 6.45) is 2.26. The Morgan fingerprint density at radius 1 is 1.21 bits per heavy atom. The molecule has 5 heteroatoms. The molecule has 0 aliphatic carbocycles. The summed E-state index contributed by atoms with van der Waals surface area (Å²) in [5.74, 6) is 4.05. The minimum absolute atomic E-state index is 0.243. The molecule has 0 saturated heterocycles. The molecule has 0 unspecified atom stereocenters. The first-order valence-corrected chi connectivity index (χ1v) is 11.0. The van der Waals surface area contributed by atoms with E-state index in [4.69, 9.17) is 29.5 Å². The maximum atomic E-state index is 4.95. The molecule has 0 saturated carbocycles. The molecule has 0 aromatic rings. The standard InChI is InChI=1S/C9H17P.3ClH.V/c1-8(2)6-10-7-9(3,4)5;;;;/h6,8H,1-5H3;3*1H;/q-2;;;;+3/p-3. The van der Waals surface area contributed by atoms with Gasteiger partial charge in [0.25, 0.3) is 0 Å². The number of hydrogen-bond acceptors (Lipinski definition) is 0. The molecule has 0 aromatic heterocycles. The quantitative estimate of drug-likeness (QED) is 0.464. The number of halogens is 3. The topological polar surface area (TPSA) is 0 Å². The van der Waals surface area contributed by atoms with Crippen LogP contribution in [0.25, 0.3) is 0 Å². The van der Waals surface area contributed by atoms with Crippen molar-refractivity contribution in [3.05, 3.63) is 6.16 Å². The van der Waals surface area contributed by atoms with Gasteiger partial charge in [-0.25, -0.2) is 0 Å². The molecule has 0 N–H and O–H groups in total. The van der Waals surface area contributed by atoms with Gasteiger partial charge in [-0.3, -0.25) is 0 Å².